The van der Waals surface area contributed by atoms with E-state index in [9.17, 15) is 10.1 Å². The summed E-state index contributed by atoms with van der Waals surface area (Å²) in [6.45, 7) is 8.08. The van der Waals surface area contributed by atoms with Gasteiger partial charge in [-0.3, -0.25) is 4.79 Å². The lowest BCUT2D eigenvalue weighted by molar-refractivity contribution is -0.116. The van der Waals surface area contributed by atoms with Crippen LogP contribution in [0.2, 0.25) is 10.0 Å². The van der Waals surface area contributed by atoms with E-state index in [4.69, 9.17) is 32.7 Å². The Morgan fingerprint density at radius 3 is 2.29 bits per heavy atom. The van der Waals surface area contributed by atoms with Crippen LogP contribution in [0.1, 0.15) is 49.8 Å². The first kappa shape index (κ1) is 33.3. The number of carbonyl (C=O) groups excluding carboxylic acids is 1. The summed E-state index contributed by atoms with van der Waals surface area (Å²) in [5.41, 5.74) is 2.66. The number of nitriles is 1. The van der Waals surface area contributed by atoms with Gasteiger partial charge in [-0.2, -0.15) is 5.26 Å². The van der Waals surface area contributed by atoms with Crippen LogP contribution in [0, 0.1) is 16.7 Å². The third kappa shape index (κ3) is 8.19. The van der Waals surface area contributed by atoms with E-state index in [1.807, 2.05) is 60.7 Å². The monoisotopic (exact) mass is 609 g/mol. The molecule has 1 aliphatic heterocycles. The van der Waals surface area contributed by atoms with Crippen LogP contribution in [0.4, 0.5) is 0 Å². The van der Waals surface area contributed by atoms with Crippen molar-refractivity contribution in [2.24, 2.45) is 5.41 Å². The molecule has 1 amide bonds. The summed E-state index contributed by atoms with van der Waals surface area (Å²) >= 11 is 12.4. The van der Waals surface area contributed by atoms with Gasteiger partial charge in [-0.25, -0.2) is 0 Å². The molecule has 1 saturated heterocycles. The topological polar surface area (TPSA) is 74.6 Å². The van der Waals surface area contributed by atoms with Crippen molar-refractivity contribution in [3.8, 4) is 17.6 Å². The third-order valence-electron chi connectivity index (χ3n) is 7.62. The van der Waals surface area contributed by atoms with Crippen molar-refractivity contribution in [1.82, 2.24) is 10.2 Å². The van der Waals surface area contributed by atoms with E-state index < -0.39 is 5.41 Å². The zero-order chi connectivity index (χ0) is 30.9. The van der Waals surface area contributed by atoms with E-state index in [1.54, 1.807) is 26.2 Å². The average Bonchev–Trinajstić information content (AvgIpc) is 3.33. The number of ether oxygens (including phenoxy) is 2. The Hall–Kier alpha value is -3.24. The molecule has 6 nitrogen and oxygen atoms in total. The number of benzene rings is 3. The largest absolute Gasteiger partial charge is 0.493 e. The fourth-order valence-electron chi connectivity index (χ4n) is 5.52. The van der Waals surface area contributed by atoms with Gasteiger partial charge in [0.25, 0.3) is 0 Å². The van der Waals surface area contributed by atoms with Crippen molar-refractivity contribution < 1.29 is 14.3 Å². The minimum atomic E-state index is -0.664. The molecule has 1 aliphatic rings. The van der Waals surface area contributed by atoms with E-state index in [1.165, 1.54) is 0 Å². The number of likely N-dealkylation sites (N-methyl/N-ethyl adjacent to an activating group) is 1. The van der Waals surface area contributed by atoms with Gasteiger partial charge in [0, 0.05) is 42.1 Å². The second kappa shape index (κ2) is 14.8. The number of carbonyl (C=O) groups is 1. The summed E-state index contributed by atoms with van der Waals surface area (Å²) in [6, 6.07) is 24.1. The van der Waals surface area contributed by atoms with Crippen molar-refractivity contribution in [2.45, 2.75) is 51.0 Å². The van der Waals surface area contributed by atoms with Gasteiger partial charge in [0.1, 0.15) is 5.41 Å². The van der Waals surface area contributed by atoms with E-state index in [-0.39, 0.29) is 17.4 Å². The van der Waals surface area contributed by atoms with Crippen LogP contribution in [0.15, 0.2) is 66.7 Å². The van der Waals surface area contributed by atoms with E-state index in [2.05, 4.69) is 38.2 Å². The SMILES string of the molecule is CC(C)(C)CC1NCC(c2cccc(Cl)c2)[C@@]1(C#N)c1ccc(Cl)cc1.COc1ccc(CCN(C)C=O)cc1OC. The number of nitrogens with one attached hydrogen (secondary N) is 1. The molecule has 0 aromatic heterocycles. The minimum Gasteiger partial charge on any atom is -0.493 e. The molecule has 1 N–H and O–H groups in total. The zero-order valence-electron chi connectivity index (χ0n) is 25.3. The van der Waals surface area contributed by atoms with Crippen LogP contribution in [0.3, 0.4) is 0 Å². The van der Waals surface area contributed by atoms with Crippen LogP contribution in [-0.4, -0.2) is 51.7 Å². The van der Waals surface area contributed by atoms with Crippen molar-refractivity contribution in [3.05, 3.63) is 93.5 Å². The molecule has 4 rings (SSSR count). The van der Waals surface area contributed by atoms with Gasteiger partial charge in [-0.05, 0) is 71.3 Å². The highest BCUT2D eigenvalue weighted by Crippen LogP contribution is 2.48. The second-order valence-corrected chi connectivity index (χ2v) is 12.7. The molecule has 1 heterocycles. The van der Waals surface area contributed by atoms with Crippen molar-refractivity contribution >= 4 is 29.6 Å². The van der Waals surface area contributed by atoms with Crippen LogP contribution in [0.25, 0.3) is 0 Å². The molecule has 0 bridgehead atoms. The summed E-state index contributed by atoms with van der Waals surface area (Å²) in [4.78, 5) is 12.0. The molecule has 8 heteroatoms. The third-order valence-corrected chi connectivity index (χ3v) is 8.11. The fourth-order valence-corrected chi connectivity index (χ4v) is 5.84. The van der Waals surface area contributed by atoms with Gasteiger partial charge < -0.3 is 19.7 Å². The van der Waals surface area contributed by atoms with Crippen LogP contribution < -0.4 is 14.8 Å². The highest BCUT2D eigenvalue weighted by molar-refractivity contribution is 6.30. The summed E-state index contributed by atoms with van der Waals surface area (Å²) in [5, 5.41) is 15.5. The van der Waals surface area contributed by atoms with Crippen LogP contribution in [-0.2, 0) is 16.6 Å². The van der Waals surface area contributed by atoms with Crippen molar-refractivity contribution in [3.63, 3.8) is 0 Å². The molecular formula is C34H41Cl2N3O3. The number of amides is 1. The Bertz CT molecular complexity index is 1370. The number of methoxy groups -OCH3 is 2. The Kier molecular flexibility index (Phi) is 11.7. The first-order chi connectivity index (χ1) is 20.0. The van der Waals surface area contributed by atoms with Gasteiger partial charge in [0.05, 0.1) is 20.3 Å². The first-order valence-electron chi connectivity index (χ1n) is 14.0. The highest BCUT2D eigenvalue weighted by atomic mass is 35.5. The number of hydrogen-bond acceptors (Lipinski definition) is 5. The Morgan fingerprint density at radius 2 is 1.71 bits per heavy atom. The lowest BCUT2D eigenvalue weighted by atomic mass is 9.64. The molecule has 3 atom stereocenters. The molecule has 0 spiro atoms. The molecule has 224 valence electrons. The number of halogens is 2. The molecule has 0 saturated carbocycles. The zero-order valence-corrected chi connectivity index (χ0v) is 26.8. The van der Waals surface area contributed by atoms with Gasteiger partial charge in [0.2, 0.25) is 6.41 Å². The quantitative estimate of drug-likeness (QED) is 0.258. The van der Waals surface area contributed by atoms with Gasteiger partial charge in [-0.1, -0.05) is 74.3 Å². The van der Waals surface area contributed by atoms with Gasteiger partial charge >= 0.3 is 0 Å². The van der Waals surface area contributed by atoms with Gasteiger partial charge in [-0.15, -0.1) is 0 Å². The predicted molar refractivity (Wildman–Crippen MR) is 171 cm³/mol. The van der Waals surface area contributed by atoms with Crippen LogP contribution in [0.5, 0.6) is 11.5 Å². The summed E-state index contributed by atoms with van der Waals surface area (Å²) < 4.78 is 10.3. The molecule has 3 aromatic carbocycles. The number of rotatable bonds is 9. The summed E-state index contributed by atoms with van der Waals surface area (Å²) in [6.07, 6.45) is 2.52. The first-order valence-corrected chi connectivity index (χ1v) is 14.8. The minimum absolute atomic E-state index is 0.0275. The molecule has 0 aliphatic carbocycles. The molecule has 0 radical (unpaired) electrons. The second-order valence-electron chi connectivity index (χ2n) is 11.8. The highest BCUT2D eigenvalue weighted by Gasteiger charge is 2.53. The molecule has 3 aromatic rings. The fraction of sp³-hybridized carbons (Fsp3) is 0.412. The maximum absolute atomic E-state index is 10.5. The molecular weight excluding hydrogens is 569 g/mol. The number of nitrogens with zero attached hydrogens (tertiary/aromatic N) is 2. The standard InChI is InChI=1S/C22H24Cl2N2.C12H17NO3/c1-21(2,3)12-20-22(14-25,16-7-9-17(23)10-8-16)19(13-26-20)15-5-4-6-18(24)11-15;1-13(9-14)7-6-10-4-5-11(15-2)12(8-10)16-3/h4-11,19-20,26H,12-13H2,1-3H3;4-5,8-9H,6-7H2,1-3H3/t19?,20?,22-;/m1./s1. The number of hydrogen-bond donors (Lipinski definition) is 1. The van der Waals surface area contributed by atoms with E-state index >= 15 is 0 Å². The Labute approximate surface area is 260 Å². The lowest BCUT2D eigenvalue weighted by Crippen LogP contribution is -2.44. The Balaban J connectivity index is 0.000000260. The van der Waals surface area contributed by atoms with Gasteiger partial charge in [0.15, 0.2) is 11.5 Å². The molecule has 2 unspecified atom stereocenters. The summed E-state index contributed by atoms with van der Waals surface area (Å²) in [7, 11) is 4.98. The predicted octanol–water partition coefficient (Wildman–Crippen LogP) is 7.28. The molecule has 1 fully saturated rings. The van der Waals surface area contributed by atoms with E-state index in [0.29, 0.717) is 22.3 Å². The smallest absolute Gasteiger partial charge is 0.209 e. The molecule has 42 heavy (non-hydrogen) atoms. The van der Waals surface area contributed by atoms with Crippen LogP contribution >= 0.6 is 23.2 Å². The maximum Gasteiger partial charge on any atom is 0.209 e. The summed E-state index contributed by atoms with van der Waals surface area (Å²) in [5.74, 6) is 1.46. The Morgan fingerprint density at radius 1 is 1.02 bits per heavy atom. The average molecular weight is 611 g/mol. The lowest BCUT2D eigenvalue weighted by Gasteiger charge is -2.37. The maximum atomic E-state index is 10.5. The van der Waals surface area contributed by atoms with Crippen molar-refractivity contribution in [2.75, 3.05) is 34.4 Å². The van der Waals surface area contributed by atoms with E-state index in [0.717, 1.165) is 48.2 Å². The normalized spacial score (nSPS) is 19.7. The van der Waals surface area contributed by atoms with Crippen molar-refractivity contribution in [1.29, 1.82) is 5.26 Å².